The number of hydrogen-bond donors (Lipinski definition) is 2. The molecule has 2 aromatic heterocycles. The number of pyridine rings is 1. The highest BCUT2D eigenvalue weighted by atomic mass is 15.4. The molecule has 5 heteroatoms. The molecule has 1 saturated heterocycles. The number of rotatable bonds is 4. The molecule has 1 fully saturated rings. The van der Waals surface area contributed by atoms with E-state index < -0.39 is 0 Å². The van der Waals surface area contributed by atoms with Crippen LogP contribution in [0.15, 0.2) is 48.5 Å². The van der Waals surface area contributed by atoms with Gasteiger partial charge in [0.25, 0.3) is 0 Å². The van der Waals surface area contributed by atoms with Gasteiger partial charge in [0.1, 0.15) is 0 Å². The summed E-state index contributed by atoms with van der Waals surface area (Å²) in [7, 11) is 0. The van der Waals surface area contributed by atoms with Gasteiger partial charge in [0.2, 0.25) is 5.95 Å². The number of para-hydroxylation sites is 1. The molecule has 3 heterocycles. The van der Waals surface area contributed by atoms with Gasteiger partial charge in [-0.25, -0.2) is 4.52 Å². The van der Waals surface area contributed by atoms with Crippen LogP contribution >= 0.6 is 0 Å². The second kappa shape index (κ2) is 6.38. The largest absolute Gasteiger partial charge is 0.323 e. The van der Waals surface area contributed by atoms with Crippen LogP contribution in [0, 0.1) is 5.92 Å². The van der Waals surface area contributed by atoms with E-state index >= 15 is 0 Å². The van der Waals surface area contributed by atoms with Crippen molar-refractivity contribution in [3.8, 4) is 0 Å². The minimum absolute atomic E-state index is 0. The Morgan fingerprint density at radius 2 is 1.91 bits per heavy atom. The van der Waals surface area contributed by atoms with Crippen LogP contribution < -0.4 is 10.6 Å². The summed E-state index contributed by atoms with van der Waals surface area (Å²) in [6, 6.07) is 16.3. The zero-order valence-electron chi connectivity index (χ0n) is 13.1. The van der Waals surface area contributed by atoms with E-state index in [9.17, 15) is 0 Å². The molecule has 0 unspecified atom stereocenters. The van der Waals surface area contributed by atoms with E-state index in [4.69, 9.17) is 0 Å². The molecule has 5 nitrogen and oxygen atoms in total. The second-order valence-corrected chi connectivity index (χ2v) is 6.11. The fourth-order valence-electron chi connectivity index (χ4n) is 3.20. The van der Waals surface area contributed by atoms with Crippen molar-refractivity contribution in [2.24, 2.45) is 5.92 Å². The van der Waals surface area contributed by atoms with E-state index in [-0.39, 0.29) is 2.85 Å². The van der Waals surface area contributed by atoms with Crippen molar-refractivity contribution in [1.82, 2.24) is 19.9 Å². The lowest BCUT2D eigenvalue weighted by Crippen LogP contribution is -2.29. The normalized spacial score (nSPS) is 15.8. The van der Waals surface area contributed by atoms with Gasteiger partial charge in [0.05, 0.1) is 0 Å². The van der Waals surface area contributed by atoms with E-state index in [0.717, 1.165) is 36.8 Å². The lowest BCUT2D eigenvalue weighted by molar-refractivity contribution is 0.368. The summed E-state index contributed by atoms with van der Waals surface area (Å²) in [5.74, 6) is 1.38. The van der Waals surface area contributed by atoms with Gasteiger partial charge in [-0.15, -0.1) is 5.10 Å². The number of aromatic nitrogens is 3. The maximum absolute atomic E-state index is 4.65. The maximum atomic E-state index is 4.65. The van der Waals surface area contributed by atoms with Gasteiger partial charge in [-0.1, -0.05) is 24.3 Å². The van der Waals surface area contributed by atoms with Crippen LogP contribution in [-0.2, 0) is 6.42 Å². The lowest BCUT2D eigenvalue weighted by Gasteiger charge is -2.22. The molecular formula is C18H25N5. The topological polar surface area (TPSA) is 54.2 Å². The monoisotopic (exact) mass is 311 g/mol. The van der Waals surface area contributed by atoms with E-state index in [1.54, 1.807) is 0 Å². The number of nitrogens with one attached hydrogen (secondary N) is 2. The Labute approximate surface area is 138 Å². The molecule has 0 spiro atoms. The highest BCUT2D eigenvalue weighted by molar-refractivity contribution is 5.55. The SMILES string of the molecule is [HH].[HH].c1ccc(Nc2nc3cccc(CC4CCNCC4)n3n2)cc1. The summed E-state index contributed by atoms with van der Waals surface area (Å²) in [5, 5.41) is 11.3. The van der Waals surface area contributed by atoms with Crippen LogP contribution in [0.2, 0.25) is 0 Å². The van der Waals surface area contributed by atoms with E-state index in [1.807, 2.05) is 40.9 Å². The summed E-state index contributed by atoms with van der Waals surface area (Å²) in [4.78, 5) is 4.59. The summed E-state index contributed by atoms with van der Waals surface area (Å²) in [5.41, 5.74) is 3.14. The molecule has 0 bridgehead atoms. The number of hydrogen-bond acceptors (Lipinski definition) is 4. The van der Waals surface area contributed by atoms with Crippen molar-refractivity contribution < 1.29 is 2.85 Å². The predicted molar refractivity (Wildman–Crippen MR) is 96.2 cm³/mol. The standard InChI is InChI=1S/C18H21N5.2H2/c1-2-5-15(6-3-1)20-18-21-17-8-4-7-16(23(17)22-18)13-14-9-11-19-12-10-14;;/h1-8,14,19H,9-13H2,(H,20,22);2*1H. The first kappa shape index (κ1) is 14.2. The molecule has 1 aliphatic heterocycles. The van der Waals surface area contributed by atoms with Crippen molar-refractivity contribution >= 4 is 17.3 Å². The summed E-state index contributed by atoms with van der Waals surface area (Å²) < 4.78 is 1.98. The van der Waals surface area contributed by atoms with Crippen LogP contribution in [0.25, 0.3) is 5.65 Å². The van der Waals surface area contributed by atoms with E-state index in [2.05, 4.69) is 32.8 Å². The first-order valence-electron chi connectivity index (χ1n) is 8.26. The van der Waals surface area contributed by atoms with Crippen molar-refractivity contribution in [3.63, 3.8) is 0 Å². The molecule has 122 valence electrons. The van der Waals surface area contributed by atoms with E-state index in [0.29, 0.717) is 5.95 Å². The molecule has 0 radical (unpaired) electrons. The van der Waals surface area contributed by atoms with Crippen molar-refractivity contribution in [1.29, 1.82) is 0 Å². The van der Waals surface area contributed by atoms with Crippen molar-refractivity contribution in [2.75, 3.05) is 18.4 Å². The van der Waals surface area contributed by atoms with Crippen LogP contribution in [0.5, 0.6) is 0 Å². The third-order valence-electron chi connectivity index (χ3n) is 4.42. The molecule has 23 heavy (non-hydrogen) atoms. The van der Waals surface area contributed by atoms with Crippen molar-refractivity contribution in [3.05, 3.63) is 54.2 Å². The van der Waals surface area contributed by atoms with Gasteiger partial charge in [0, 0.05) is 14.2 Å². The Morgan fingerprint density at radius 3 is 2.74 bits per heavy atom. The van der Waals surface area contributed by atoms with Gasteiger partial charge in [0.15, 0.2) is 5.65 Å². The number of nitrogens with zero attached hydrogens (tertiary/aromatic N) is 3. The molecule has 0 amide bonds. The Morgan fingerprint density at radius 1 is 1.09 bits per heavy atom. The molecule has 2 N–H and O–H groups in total. The molecule has 0 aliphatic carbocycles. The number of benzene rings is 1. The van der Waals surface area contributed by atoms with Crippen molar-refractivity contribution in [2.45, 2.75) is 19.3 Å². The highest BCUT2D eigenvalue weighted by Crippen LogP contribution is 2.20. The van der Waals surface area contributed by atoms with Crippen LogP contribution in [-0.4, -0.2) is 27.7 Å². The molecule has 3 aromatic rings. The molecule has 1 aliphatic rings. The number of fused-ring (bicyclic) bond motifs is 1. The zero-order valence-corrected chi connectivity index (χ0v) is 13.1. The Kier molecular flexibility index (Phi) is 3.94. The summed E-state index contributed by atoms with van der Waals surface area (Å²) >= 11 is 0. The van der Waals surface area contributed by atoms with Gasteiger partial charge in [-0.2, -0.15) is 4.98 Å². The highest BCUT2D eigenvalue weighted by Gasteiger charge is 2.16. The Hall–Kier alpha value is -2.40. The Bertz CT molecular complexity index is 785. The quantitative estimate of drug-likeness (QED) is 0.774. The molecule has 1 aromatic carbocycles. The second-order valence-electron chi connectivity index (χ2n) is 6.11. The third kappa shape index (κ3) is 3.19. The average molecular weight is 311 g/mol. The third-order valence-corrected chi connectivity index (χ3v) is 4.42. The van der Waals surface area contributed by atoms with Gasteiger partial charge < -0.3 is 10.6 Å². The van der Waals surface area contributed by atoms with E-state index in [1.165, 1.54) is 18.5 Å². The zero-order chi connectivity index (χ0) is 15.5. The minimum Gasteiger partial charge on any atom is -0.323 e. The smallest absolute Gasteiger partial charge is 0.247 e. The fraction of sp³-hybridized carbons (Fsp3) is 0.333. The van der Waals surface area contributed by atoms with Gasteiger partial charge >= 0.3 is 0 Å². The summed E-state index contributed by atoms with van der Waals surface area (Å²) in [6.07, 6.45) is 3.54. The number of anilines is 2. The average Bonchev–Trinajstić information content (AvgIpc) is 3.00. The van der Waals surface area contributed by atoms with Gasteiger partial charge in [-0.3, -0.25) is 0 Å². The van der Waals surface area contributed by atoms with Crippen LogP contribution in [0.3, 0.4) is 0 Å². The molecule has 0 saturated carbocycles. The molecule has 0 atom stereocenters. The lowest BCUT2D eigenvalue weighted by atomic mass is 9.93. The Balaban J connectivity index is 0.00000113. The first-order chi connectivity index (χ1) is 11.4. The molecule has 4 rings (SSSR count). The fourth-order valence-corrected chi connectivity index (χ4v) is 3.20. The van der Waals surface area contributed by atoms with Gasteiger partial charge in [-0.05, 0) is 62.5 Å². The molecular weight excluding hydrogens is 286 g/mol. The minimum atomic E-state index is 0. The first-order valence-corrected chi connectivity index (χ1v) is 8.26. The van der Waals surface area contributed by atoms with Crippen LogP contribution in [0.4, 0.5) is 11.6 Å². The van der Waals surface area contributed by atoms with Crippen LogP contribution in [0.1, 0.15) is 21.4 Å². The number of piperidine rings is 1. The maximum Gasteiger partial charge on any atom is 0.247 e. The summed E-state index contributed by atoms with van der Waals surface area (Å²) in [6.45, 7) is 2.25. The predicted octanol–water partition coefficient (Wildman–Crippen LogP) is 3.51.